The Hall–Kier alpha value is -2.56. The van der Waals surface area contributed by atoms with Gasteiger partial charge in [0.1, 0.15) is 18.2 Å². The Kier molecular flexibility index (Phi) is 6.61. The van der Waals surface area contributed by atoms with E-state index in [0.717, 1.165) is 16.9 Å². The van der Waals surface area contributed by atoms with Crippen LogP contribution in [0, 0.1) is 19.7 Å². The van der Waals surface area contributed by atoms with Crippen molar-refractivity contribution < 1.29 is 13.9 Å². The molecule has 0 saturated heterocycles. The molecular weight excluding hydrogens is 307 g/mol. The van der Waals surface area contributed by atoms with Crippen LogP contribution in [0.25, 0.3) is 0 Å². The van der Waals surface area contributed by atoms with Gasteiger partial charge in [-0.3, -0.25) is 0 Å². The minimum Gasteiger partial charge on any atom is -0.492 e. The highest BCUT2D eigenvalue weighted by molar-refractivity contribution is 5.73. The maximum Gasteiger partial charge on any atom is 0.314 e. The van der Waals surface area contributed by atoms with Gasteiger partial charge in [-0.1, -0.05) is 24.3 Å². The molecule has 128 valence electrons. The number of hydrogen-bond donors (Lipinski definition) is 2. The zero-order chi connectivity index (χ0) is 17.4. The van der Waals surface area contributed by atoms with E-state index in [0.29, 0.717) is 31.7 Å². The third-order valence-electron chi connectivity index (χ3n) is 3.49. The second kappa shape index (κ2) is 8.91. The summed E-state index contributed by atoms with van der Waals surface area (Å²) in [6.45, 7) is 5.20. The van der Waals surface area contributed by atoms with Crippen molar-refractivity contribution in [2.75, 3.05) is 19.7 Å². The molecule has 0 atom stereocenters. The topological polar surface area (TPSA) is 50.4 Å². The fourth-order valence-electron chi connectivity index (χ4n) is 2.42. The predicted octanol–water partition coefficient (Wildman–Crippen LogP) is 3.36. The van der Waals surface area contributed by atoms with Gasteiger partial charge < -0.3 is 15.4 Å². The summed E-state index contributed by atoms with van der Waals surface area (Å²) in [6.07, 6.45) is 0.458. The summed E-state index contributed by atoms with van der Waals surface area (Å²) in [7, 11) is 0. The van der Waals surface area contributed by atoms with Crippen molar-refractivity contribution in [3.05, 3.63) is 65.0 Å². The number of carbonyl (C=O) groups excluding carboxylic acids is 1. The zero-order valence-corrected chi connectivity index (χ0v) is 14.1. The van der Waals surface area contributed by atoms with Gasteiger partial charge in [-0.15, -0.1) is 0 Å². The molecule has 0 aliphatic rings. The number of aryl methyl sites for hydroxylation is 2. The third kappa shape index (κ3) is 5.91. The Morgan fingerprint density at radius 3 is 2.42 bits per heavy atom. The quantitative estimate of drug-likeness (QED) is 0.765. The fraction of sp³-hybridized carbons (Fsp3) is 0.316. The smallest absolute Gasteiger partial charge is 0.314 e. The van der Waals surface area contributed by atoms with Crippen LogP contribution in [0.15, 0.2) is 42.5 Å². The predicted molar refractivity (Wildman–Crippen MR) is 92.9 cm³/mol. The molecule has 2 N–H and O–H groups in total. The first kappa shape index (κ1) is 17.8. The lowest BCUT2D eigenvalue weighted by Gasteiger charge is -2.10. The van der Waals surface area contributed by atoms with Gasteiger partial charge >= 0.3 is 6.03 Å². The second-order valence-electron chi connectivity index (χ2n) is 5.70. The van der Waals surface area contributed by atoms with Gasteiger partial charge in [0.2, 0.25) is 0 Å². The van der Waals surface area contributed by atoms with E-state index >= 15 is 0 Å². The van der Waals surface area contributed by atoms with Crippen LogP contribution in [0.1, 0.15) is 16.7 Å². The summed E-state index contributed by atoms with van der Waals surface area (Å²) in [5.41, 5.74) is 2.88. The van der Waals surface area contributed by atoms with Crippen LogP contribution in [0.2, 0.25) is 0 Å². The van der Waals surface area contributed by atoms with Gasteiger partial charge in [0.05, 0.1) is 6.54 Å². The molecule has 24 heavy (non-hydrogen) atoms. The molecule has 0 fully saturated rings. The van der Waals surface area contributed by atoms with Crippen molar-refractivity contribution in [3.63, 3.8) is 0 Å². The number of benzene rings is 2. The fourth-order valence-corrected chi connectivity index (χ4v) is 2.42. The van der Waals surface area contributed by atoms with Gasteiger partial charge in [0.25, 0.3) is 0 Å². The summed E-state index contributed by atoms with van der Waals surface area (Å²) in [5.74, 6) is 0.552. The average molecular weight is 330 g/mol. The van der Waals surface area contributed by atoms with Gasteiger partial charge in [-0.25, -0.2) is 9.18 Å². The SMILES string of the molecule is Cc1cc(C)cc(OCCNC(=O)NCCc2ccccc2F)c1. The van der Waals surface area contributed by atoms with E-state index in [1.165, 1.54) is 6.07 Å². The largest absolute Gasteiger partial charge is 0.492 e. The summed E-state index contributed by atoms with van der Waals surface area (Å²) in [4.78, 5) is 11.7. The van der Waals surface area contributed by atoms with E-state index in [1.807, 2.05) is 26.0 Å². The maximum absolute atomic E-state index is 13.4. The highest BCUT2D eigenvalue weighted by Gasteiger charge is 2.03. The zero-order valence-electron chi connectivity index (χ0n) is 14.1. The van der Waals surface area contributed by atoms with Crippen LogP contribution < -0.4 is 15.4 Å². The van der Waals surface area contributed by atoms with Crippen molar-refractivity contribution >= 4 is 6.03 Å². The molecule has 0 radical (unpaired) electrons. The van der Waals surface area contributed by atoms with Gasteiger partial charge in [0, 0.05) is 6.54 Å². The van der Waals surface area contributed by atoms with E-state index in [2.05, 4.69) is 16.7 Å². The number of halogens is 1. The molecule has 0 aromatic heterocycles. The highest BCUT2D eigenvalue weighted by Crippen LogP contribution is 2.15. The van der Waals surface area contributed by atoms with Crippen molar-refractivity contribution in [2.24, 2.45) is 0 Å². The first-order chi connectivity index (χ1) is 11.5. The van der Waals surface area contributed by atoms with Crippen molar-refractivity contribution in [1.82, 2.24) is 10.6 Å². The Labute approximate surface area is 142 Å². The van der Waals surface area contributed by atoms with Crippen molar-refractivity contribution in [3.8, 4) is 5.75 Å². The molecular formula is C19H23FN2O2. The average Bonchev–Trinajstić information content (AvgIpc) is 2.52. The molecule has 4 nitrogen and oxygen atoms in total. The number of carbonyl (C=O) groups is 1. The van der Waals surface area contributed by atoms with Crippen LogP contribution in [0.5, 0.6) is 5.75 Å². The molecule has 0 spiro atoms. The third-order valence-corrected chi connectivity index (χ3v) is 3.49. The number of rotatable bonds is 7. The molecule has 0 aliphatic carbocycles. The van der Waals surface area contributed by atoms with Crippen LogP contribution in [0.3, 0.4) is 0 Å². The lowest BCUT2D eigenvalue weighted by molar-refractivity contribution is 0.236. The number of ether oxygens (including phenoxy) is 1. The lowest BCUT2D eigenvalue weighted by Crippen LogP contribution is -2.38. The molecule has 0 bridgehead atoms. The summed E-state index contributed by atoms with van der Waals surface area (Å²) in [6, 6.07) is 12.3. The standard InChI is InChI=1S/C19H23FN2O2/c1-14-11-15(2)13-17(12-14)24-10-9-22-19(23)21-8-7-16-5-3-4-6-18(16)20/h3-6,11-13H,7-10H2,1-2H3,(H2,21,22,23). The Morgan fingerprint density at radius 2 is 1.71 bits per heavy atom. The van der Waals surface area contributed by atoms with Gasteiger partial charge in [0.15, 0.2) is 0 Å². The number of hydrogen-bond acceptors (Lipinski definition) is 2. The lowest BCUT2D eigenvalue weighted by atomic mass is 10.1. The Bertz CT molecular complexity index is 669. The van der Waals surface area contributed by atoms with E-state index < -0.39 is 0 Å². The molecule has 0 heterocycles. The summed E-state index contributed by atoms with van der Waals surface area (Å²) < 4.78 is 19.1. The second-order valence-corrected chi connectivity index (χ2v) is 5.70. The molecule has 0 aliphatic heterocycles. The first-order valence-electron chi connectivity index (χ1n) is 8.01. The first-order valence-corrected chi connectivity index (χ1v) is 8.01. The van der Waals surface area contributed by atoms with Crippen molar-refractivity contribution in [1.29, 1.82) is 0 Å². The molecule has 2 amide bonds. The Balaban J connectivity index is 1.62. The minimum atomic E-state index is -0.282. The van der Waals surface area contributed by atoms with E-state index in [-0.39, 0.29) is 11.8 Å². The van der Waals surface area contributed by atoms with Crippen molar-refractivity contribution in [2.45, 2.75) is 20.3 Å². The molecule has 5 heteroatoms. The normalized spacial score (nSPS) is 10.3. The van der Waals surface area contributed by atoms with Crippen LogP contribution in [-0.2, 0) is 6.42 Å². The molecule has 0 saturated carbocycles. The minimum absolute atomic E-state index is 0.249. The molecule has 2 aromatic rings. The monoisotopic (exact) mass is 330 g/mol. The van der Waals surface area contributed by atoms with Crippen LogP contribution >= 0.6 is 0 Å². The van der Waals surface area contributed by atoms with E-state index in [9.17, 15) is 9.18 Å². The Morgan fingerprint density at radius 1 is 1.04 bits per heavy atom. The molecule has 2 aromatic carbocycles. The number of nitrogens with one attached hydrogen (secondary N) is 2. The molecule has 2 rings (SSSR count). The highest BCUT2D eigenvalue weighted by atomic mass is 19.1. The van der Waals surface area contributed by atoms with Gasteiger partial charge in [-0.2, -0.15) is 0 Å². The van der Waals surface area contributed by atoms with E-state index in [4.69, 9.17) is 4.74 Å². The van der Waals surface area contributed by atoms with E-state index in [1.54, 1.807) is 18.2 Å². The summed E-state index contributed by atoms with van der Waals surface area (Å²) >= 11 is 0. The van der Waals surface area contributed by atoms with Crippen LogP contribution in [0.4, 0.5) is 9.18 Å². The number of amides is 2. The number of urea groups is 1. The maximum atomic E-state index is 13.4. The van der Waals surface area contributed by atoms with Gasteiger partial charge in [-0.05, 0) is 55.2 Å². The summed E-state index contributed by atoms with van der Waals surface area (Å²) in [5, 5.41) is 5.42. The molecule has 0 unspecified atom stereocenters. The van der Waals surface area contributed by atoms with Crippen LogP contribution in [-0.4, -0.2) is 25.7 Å².